The van der Waals surface area contributed by atoms with E-state index < -0.39 is 0 Å². The Kier molecular flexibility index (Phi) is 7.22. The Labute approximate surface area is 147 Å². The lowest BCUT2D eigenvalue weighted by Gasteiger charge is -2.14. The Morgan fingerprint density at radius 2 is 1.64 bits per heavy atom. The molecule has 6 heteroatoms. The number of benzene rings is 2. The van der Waals surface area contributed by atoms with Gasteiger partial charge in [-0.1, -0.05) is 0 Å². The molecule has 5 nitrogen and oxygen atoms in total. The number of carbonyl (C=O) groups excluding carboxylic acids is 1. The fourth-order valence-electron chi connectivity index (χ4n) is 2.24. The van der Waals surface area contributed by atoms with Crippen molar-refractivity contribution in [1.29, 1.82) is 0 Å². The second-order valence-electron chi connectivity index (χ2n) is 5.69. The average molecular weight is 347 g/mol. The fraction of sp³-hybridized carbons (Fsp3) is 0.316. The molecule has 0 bridgehead atoms. The summed E-state index contributed by atoms with van der Waals surface area (Å²) in [6.07, 6.45) is 0. The minimum atomic E-state index is -0.327. The number of halogens is 1. The number of amides is 1. The van der Waals surface area contributed by atoms with Crippen LogP contribution in [0.15, 0.2) is 48.5 Å². The van der Waals surface area contributed by atoms with Crippen LogP contribution in [0.25, 0.3) is 0 Å². The van der Waals surface area contributed by atoms with Gasteiger partial charge in [-0.15, -0.1) is 0 Å². The van der Waals surface area contributed by atoms with E-state index in [9.17, 15) is 9.18 Å². The van der Waals surface area contributed by atoms with Gasteiger partial charge >= 0.3 is 0 Å². The van der Waals surface area contributed by atoms with Crippen LogP contribution in [-0.2, 0) is 4.79 Å². The Morgan fingerprint density at radius 3 is 2.24 bits per heavy atom. The smallest absolute Gasteiger partial charge is 0.279 e. The topological polar surface area (TPSA) is 52.0 Å². The predicted octanol–water partition coefficient (Wildman–Crippen LogP) is 1.76. The minimum absolute atomic E-state index is 0.120. The van der Waals surface area contributed by atoms with Gasteiger partial charge in [-0.25, -0.2) is 4.39 Å². The first-order valence-corrected chi connectivity index (χ1v) is 8.29. The molecule has 2 N–H and O–H groups in total. The SMILES string of the molecule is CCOc1ccc(OCC[NH+](C)CC(=O)Nc2ccc(F)cc2)cc1. The van der Waals surface area contributed by atoms with E-state index in [-0.39, 0.29) is 11.7 Å². The molecule has 1 unspecified atom stereocenters. The maximum Gasteiger partial charge on any atom is 0.279 e. The van der Waals surface area contributed by atoms with E-state index >= 15 is 0 Å². The van der Waals surface area contributed by atoms with Crippen molar-refractivity contribution in [2.75, 3.05) is 38.7 Å². The quantitative estimate of drug-likeness (QED) is 0.727. The highest BCUT2D eigenvalue weighted by atomic mass is 19.1. The summed E-state index contributed by atoms with van der Waals surface area (Å²) in [7, 11) is 1.92. The molecule has 2 aromatic carbocycles. The van der Waals surface area contributed by atoms with E-state index in [0.717, 1.165) is 16.4 Å². The molecule has 0 aliphatic heterocycles. The number of likely N-dealkylation sites (N-methyl/N-ethyl adjacent to an activating group) is 1. The number of ether oxygens (including phenoxy) is 2. The lowest BCUT2D eigenvalue weighted by Crippen LogP contribution is -3.10. The summed E-state index contributed by atoms with van der Waals surface area (Å²) in [5.74, 6) is 1.14. The number of carbonyl (C=O) groups is 1. The molecule has 0 saturated carbocycles. The summed E-state index contributed by atoms with van der Waals surface area (Å²) in [4.78, 5) is 13.0. The molecule has 0 radical (unpaired) electrons. The van der Waals surface area contributed by atoms with Crippen molar-refractivity contribution in [2.45, 2.75) is 6.92 Å². The van der Waals surface area contributed by atoms with Crippen molar-refractivity contribution in [3.63, 3.8) is 0 Å². The molecule has 0 spiro atoms. The van der Waals surface area contributed by atoms with Gasteiger partial charge in [0.25, 0.3) is 5.91 Å². The molecule has 0 aliphatic carbocycles. The van der Waals surface area contributed by atoms with Gasteiger partial charge in [-0.05, 0) is 55.5 Å². The molecule has 2 rings (SSSR count). The maximum atomic E-state index is 12.8. The van der Waals surface area contributed by atoms with Crippen LogP contribution in [0.2, 0.25) is 0 Å². The third-order valence-corrected chi connectivity index (χ3v) is 3.52. The van der Waals surface area contributed by atoms with Crippen LogP contribution in [0.4, 0.5) is 10.1 Å². The summed E-state index contributed by atoms with van der Waals surface area (Å²) < 4.78 is 23.9. The van der Waals surface area contributed by atoms with Crippen molar-refractivity contribution in [1.82, 2.24) is 0 Å². The van der Waals surface area contributed by atoms with Crippen molar-refractivity contribution < 1.29 is 23.6 Å². The number of hydrogen-bond acceptors (Lipinski definition) is 3. The van der Waals surface area contributed by atoms with Crippen LogP contribution < -0.4 is 19.7 Å². The van der Waals surface area contributed by atoms with Gasteiger partial charge in [0.05, 0.1) is 13.7 Å². The van der Waals surface area contributed by atoms with Crippen LogP contribution in [0.1, 0.15) is 6.92 Å². The Hall–Kier alpha value is -2.60. The summed E-state index contributed by atoms with van der Waals surface area (Å²) >= 11 is 0. The molecule has 25 heavy (non-hydrogen) atoms. The summed E-state index contributed by atoms with van der Waals surface area (Å²) in [6, 6.07) is 13.2. The van der Waals surface area contributed by atoms with Crippen molar-refractivity contribution in [3.05, 3.63) is 54.3 Å². The monoisotopic (exact) mass is 347 g/mol. The molecule has 0 fully saturated rings. The summed E-state index contributed by atoms with van der Waals surface area (Å²) in [5.41, 5.74) is 0.588. The van der Waals surface area contributed by atoms with Gasteiger partial charge in [-0.2, -0.15) is 0 Å². The van der Waals surface area contributed by atoms with E-state index in [1.807, 2.05) is 38.2 Å². The third-order valence-electron chi connectivity index (χ3n) is 3.52. The molecular formula is C19H24FN2O3+. The first-order valence-electron chi connectivity index (χ1n) is 8.29. The molecule has 0 heterocycles. The summed E-state index contributed by atoms with van der Waals surface area (Å²) in [6.45, 7) is 4.07. The molecule has 0 aliphatic rings. The van der Waals surface area contributed by atoms with Crippen LogP contribution >= 0.6 is 0 Å². The fourth-order valence-corrected chi connectivity index (χ4v) is 2.24. The second-order valence-corrected chi connectivity index (χ2v) is 5.69. The molecule has 134 valence electrons. The number of rotatable bonds is 9. The van der Waals surface area contributed by atoms with Crippen LogP contribution in [0, 0.1) is 5.82 Å². The molecule has 1 amide bonds. The second kappa shape index (κ2) is 9.64. The largest absolute Gasteiger partial charge is 0.494 e. The lowest BCUT2D eigenvalue weighted by atomic mass is 10.3. The lowest BCUT2D eigenvalue weighted by molar-refractivity contribution is -0.871. The van der Waals surface area contributed by atoms with E-state index in [4.69, 9.17) is 9.47 Å². The van der Waals surface area contributed by atoms with E-state index in [2.05, 4.69) is 5.32 Å². The number of hydrogen-bond donors (Lipinski definition) is 2. The zero-order valence-corrected chi connectivity index (χ0v) is 14.5. The standard InChI is InChI=1S/C19H23FN2O3/c1-3-24-17-8-10-18(11-9-17)25-13-12-22(2)14-19(23)21-16-6-4-15(20)5-7-16/h4-11H,3,12-14H2,1-2H3,(H,21,23)/p+1. The van der Waals surface area contributed by atoms with Crippen molar-refractivity contribution in [3.8, 4) is 11.5 Å². The first kappa shape index (κ1) is 18.7. The van der Waals surface area contributed by atoms with Gasteiger partial charge in [0.1, 0.15) is 30.5 Å². The van der Waals surface area contributed by atoms with Gasteiger partial charge in [0.2, 0.25) is 0 Å². The molecule has 0 saturated heterocycles. The Morgan fingerprint density at radius 1 is 1.04 bits per heavy atom. The number of quaternary nitrogens is 1. The van der Waals surface area contributed by atoms with Crippen molar-refractivity contribution in [2.24, 2.45) is 0 Å². The van der Waals surface area contributed by atoms with Gasteiger partial charge in [0.15, 0.2) is 6.54 Å². The first-order chi connectivity index (χ1) is 12.1. The normalized spacial score (nSPS) is 11.6. The molecular weight excluding hydrogens is 323 g/mol. The third kappa shape index (κ3) is 6.81. The zero-order chi connectivity index (χ0) is 18.1. The Balaban J connectivity index is 1.68. The highest BCUT2D eigenvalue weighted by Gasteiger charge is 2.10. The highest BCUT2D eigenvalue weighted by molar-refractivity contribution is 5.91. The minimum Gasteiger partial charge on any atom is -0.494 e. The number of anilines is 1. The van der Waals surface area contributed by atoms with Crippen LogP contribution in [-0.4, -0.2) is 39.3 Å². The molecule has 2 aromatic rings. The van der Waals surface area contributed by atoms with E-state index in [0.29, 0.717) is 32.0 Å². The predicted molar refractivity (Wildman–Crippen MR) is 94.8 cm³/mol. The molecule has 0 aromatic heterocycles. The zero-order valence-electron chi connectivity index (χ0n) is 14.5. The van der Waals surface area contributed by atoms with Crippen LogP contribution in [0.3, 0.4) is 0 Å². The van der Waals surface area contributed by atoms with E-state index in [1.54, 1.807) is 0 Å². The Bertz CT molecular complexity index is 659. The highest BCUT2D eigenvalue weighted by Crippen LogP contribution is 2.17. The van der Waals surface area contributed by atoms with Crippen molar-refractivity contribution >= 4 is 11.6 Å². The summed E-state index contributed by atoms with van der Waals surface area (Å²) in [5, 5.41) is 2.75. The molecule has 1 atom stereocenters. The van der Waals surface area contributed by atoms with Gasteiger partial charge in [0, 0.05) is 5.69 Å². The van der Waals surface area contributed by atoms with Gasteiger partial charge in [-0.3, -0.25) is 4.79 Å². The van der Waals surface area contributed by atoms with Gasteiger partial charge < -0.3 is 19.7 Å². The average Bonchev–Trinajstić information content (AvgIpc) is 2.59. The van der Waals surface area contributed by atoms with Crippen LogP contribution in [0.5, 0.6) is 11.5 Å². The number of nitrogens with one attached hydrogen (secondary N) is 2. The maximum absolute atomic E-state index is 12.8. The van der Waals surface area contributed by atoms with E-state index in [1.165, 1.54) is 24.3 Å².